The van der Waals surface area contributed by atoms with Crippen LogP contribution in [-0.4, -0.2) is 28.4 Å². The third kappa shape index (κ3) is 2.63. The maximum absolute atomic E-state index is 12.8. The Morgan fingerprint density at radius 2 is 2.10 bits per heavy atom. The van der Waals surface area contributed by atoms with Gasteiger partial charge in [-0.1, -0.05) is 6.92 Å². The third-order valence-corrected chi connectivity index (χ3v) is 3.33. The first-order chi connectivity index (χ1) is 9.81. The van der Waals surface area contributed by atoms with E-state index in [1.807, 2.05) is 6.92 Å². The molecule has 1 aromatic heterocycles. The molecule has 0 aliphatic carbocycles. The van der Waals surface area contributed by atoms with Gasteiger partial charge < -0.3 is 5.11 Å². The summed E-state index contributed by atoms with van der Waals surface area (Å²) >= 11 is 0. The van der Waals surface area contributed by atoms with E-state index in [0.717, 1.165) is 18.3 Å². The number of anilines is 1. The zero-order valence-electron chi connectivity index (χ0n) is 11.8. The number of alkyl halides is 3. The standard InChI is InChI=1S/C13H16F3N3O2/c1-4-11-18(12(20)8(2)19(11)21-3)10-7-9(5-6-17-10)13(14,15)16/h5-7,11,20H,4H2,1-3H3. The molecule has 21 heavy (non-hydrogen) atoms. The molecule has 1 N–H and O–H groups in total. The minimum atomic E-state index is -4.46. The van der Waals surface area contributed by atoms with Gasteiger partial charge in [0.15, 0.2) is 0 Å². The van der Waals surface area contributed by atoms with Gasteiger partial charge in [-0.15, -0.1) is 0 Å². The first-order valence-electron chi connectivity index (χ1n) is 6.37. The number of rotatable bonds is 3. The van der Waals surface area contributed by atoms with Gasteiger partial charge in [0.05, 0.1) is 12.7 Å². The highest BCUT2D eigenvalue weighted by Crippen LogP contribution is 2.36. The molecule has 2 rings (SSSR count). The molecule has 116 valence electrons. The summed E-state index contributed by atoms with van der Waals surface area (Å²) < 4.78 is 38.4. The second-order valence-corrected chi connectivity index (χ2v) is 4.58. The Hall–Kier alpha value is -1.96. The molecule has 0 aromatic carbocycles. The van der Waals surface area contributed by atoms with E-state index in [-0.39, 0.29) is 11.7 Å². The van der Waals surface area contributed by atoms with Crippen molar-refractivity contribution < 1.29 is 23.1 Å². The quantitative estimate of drug-likeness (QED) is 0.928. The fourth-order valence-corrected chi connectivity index (χ4v) is 2.34. The molecule has 0 saturated heterocycles. The van der Waals surface area contributed by atoms with E-state index in [9.17, 15) is 18.3 Å². The average Bonchev–Trinajstić information content (AvgIpc) is 2.69. The van der Waals surface area contributed by atoms with E-state index < -0.39 is 17.9 Å². The number of aliphatic hydroxyl groups excluding tert-OH is 1. The fraction of sp³-hybridized carbons (Fsp3) is 0.462. The summed E-state index contributed by atoms with van der Waals surface area (Å²) in [5, 5.41) is 11.6. The van der Waals surface area contributed by atoms with Gasteiger partial charge in [0.2, 0.25) is 5.88 Å². The monoisotopic (exact) mass is 303 g/mol. The number of nitrogens with zero attached hydrogens (tertiary/aromatic N) is 3. The molecular weight excluding hydrogens is 287 g/mol. The average molecular weight is 303 g/mol. The normalized spacial score (nSPS) is 19.6. The van der Waals surface area contributed by atoms with E-state index in [0.29, 0.717) is 12.1 Å². The fourth-order valence-electron chi connectivity index (χ4n) is 2.34. The summed E-state index contributed by atoms with van der Waals surface area (Å²) in [7, 11) is 1.43. The number of aromatic nitrogens is 1. The van der Waals surface area contributed by atoms with Crippen molar-refractivity contribution in [2.45, 2.75) is 32.6 Å². The molecule has 1 aliphatic heterocycles. The molecule has 8 heteroatoms. The molecule has 1 aliphatic rings. The van der Waals surface area contributed by atoms with Gasteiger partial charge in [-0.05, 0) is 25.5 Å². The Morgan fingerprint density at radius 3 is 2.62 bits per heavy atom. The van der Waals surface area contributed by atoms with Gasteiger partial charge in [-0.2, -0.15) is 13.2 Å². The van der Waals surface area contributed by atoms with Gasteiger partial charge in [0.25, 0.3) is 0 Å². The lowest BCUT2D eigenvalue weighted by molar-refractivity contribution is -0.137. The first-order valence-corrected chi connectivity index (χ1v) is 6.37. The first kappa shape index (κ1) is 15.4. The minimum Gasteiger partial charge on any atom is -0.493 e. The van der Waals surface area contributed by atoms with E-state index in [1.54, 1.807) is 6.92 Å². The number of aliphatic hydroxyl groups is 1. The highest BCUT2D eigenvalue weighted by atomic mass is 19.4. The molecule has 0 bridgehead atoms. The van der Waals surface area contributed by atoms with Crippen molar-refractivity contribution in [3.63, 3.8) is 0 Å². The van der Waals surface area contributed by atoms with Crippen molar-refractivity contribution >= 4 is 5.82 Å². The predicted octanol–water partition coefficient (Wildman–Crippen LogP) is 3.27. The lowest BCUT2D eigenvalue weighted by Crippen LogP contribution is -2.40. The zero-order valence-corrected chi connectivity index (χ0v) is 11.8. The summed E-state index contributed by atoms with van der Waals surface area (Å²) in [4.78, 5) is 10.4. The zero-order chi connectivity index (χ0) is 15.8. The number of allylic oxidation sites excluding steroid dienone is 1. The Balaban J connectivity index is 2.46. The smallest absolute Gasteiger partial charge is 0.416 e. The van der Waals surface area contributed by atoms with Crippen LogP contribution >= 0.6 is 0 Å². The van der Waals surface area contributed by atoms with Crippen LogP contribution < -0.4 is 4.90 Å². The number of hydroxylamine groups is 2. The molecule has 0 radical (unpaired) electrons. The van der Waals surface area contributed by atoms with Crippen molar-refractivity contribution in [1.82, 2.24) is 10.0 Å². The molecule has 0 saturated carbocycles. The van der Waals surface area contributed by atoms with Crippen LogP contribution in [0.1, 0.15) is 25.8 Å². The summed E-state index contributed by atoms with van der Waals surface area (Å²) in [6.07, 6.45) is -3.32. The molecule has 2 heterocycles. The van der Waals surface area contributed by atoms with Gasteiger partial charge in [-0.3, -0.25) is 9.74 Å². The number of halogens is 3. The lowest BCUT2D eigenvalue weighted by Gasteiger charge is -2.30. The van der Waals surface area contributed by atoms with E-state index in [2.05, 4.69) is 4.98 Å². The Kier molecular flexibility index (Phi) is 3.99. The molecule has 0 amide bonds. The molecule has 1 atom stereocenters. The number of hydrogen-bond donors (Lipinski definition) is 1. The number of pyridine rings is 1. The summed E-state index contributed by atoms with van der Waals surface area (Å²) in [5.74, 6) is -0.149. The lowest BCUT2D eigenvalue weighted by atomic mass is 10.2. The van der Waals surface area contributed by atoms with Crippen LogP contribution in [0, 0.1) is 0 Å². The van der Waals surface area contributed by atoms with Gasteiger partial charge in [0.1, 0.15) is 17.7 Å². The van der Waals surface area contributed by atoms with Gasteiger partial charge in [0, 0.05) is 6.20 Å². The van der Waals surface area contributed by atoms with Crippen molar-refractivity contribution in [1.29, 1.82) is 0 Å². The SMILES string of the molecule is CCC1N(OC)C(C)=C(O)N1c1cc(C(F)(F)F)ccn1. The molecule has 1 unspecified atom stereocenters. The highest BCUT2D eigenvalue weighted by molar-refractivity contribution is 5.50. The van der Waals surface area contributed by atoms with E-state index in [1.165, 1.54) is 17.1 Å². The van der Waals surface area contributed by atoms with Crippen LogP contribution in [0.2, 0.25) is 0 Å². The number of hydrogen-bond acceptors (Lipinski definition) is 5. The second-order valence-electron chi connectivity index (χ2n) is 4.58. The van der Waals surface area contributed by atoms with Crippen LogP contribution in [0.5, 0.6) is 0 Å². The predicted molar refractivity (Wildman–Crippen MR) is 70.0 cm³/mol. The van der Waals surface area contributed by atoms with Crippen LogP contribution in [-0.2, 0) is 11.0 Å². The van der Waals surface area contributed by atoms with E-state index >= 15 is 0 Å². The van der Waals surface area contributed by atoms with Crippen molar-refractivity contribution in [3.05, 3.63) is 35.5 Å². The molecule has 0 fully saturated rings. The largest absolute Gasteiger partial charge is 0.493 e. The third-order valence-electron chi connectivity index (χ3n) is 3.33. The van der Waals surface area contributed by atoms with Crippen LogP contribution in [0.15, 0.2) is 29.9 Å². The van der Waals surface area contributed by atoms with Crippen LogP contribution in [0.4, 0.5) is 19.0 Å². The molecule has 0 spiro atoms. The van der Waals surface area contributed by atoms with E-state index in [4.69, 9.17) is 4.84 Å². The Morgan fingerprint density at radius 1 is 1.43 bits per heavy atom. The maximum Gasteiger partial charge on any atom is 0.416 e. The topological polar surface area (TPSA) is 48.8 Å². The highest BCUT2D eigenvalue weighted by Gasteiger charge is 2.39. The summed E-state index contributed by atoms with van der Waals surface area (Å²) in [6, 6.07) is 1.80. The van der Waals surface area contributed by atoms with Crippen molar-refractivity contribution in [2.24, 2.45) is 0 Å². The van der Waals surface area contributed by atoms with Crippen molar-refractivity contribution in [2.75, 3.05) is 12.0 Å². The van der Waals surface area contributed by atoms with Crippen LogP contribution in [0.25, 0.3) is 0 Å². The Labute approximate surface area is 120 Å². The molecular formula is C13H16F3N3O2. The molecule has 5 nitrogen and oxygen atoms in total. The van der Waals surface area contributed by atoms with Gasteiger partial charge in [-0.25, -0.2) is 10.0 Å². The Bertz CT molecular complexity index is 560. The second kappa shape index (κ2) is 5.44. The van der Waals surface area contributed by atoms with Crippen LogP contribution in [0.3, 0.4) is 0 Å². The maximum atomic E-state index is 12.8. The summed E-state index contributed by atoms with van der Waals surface area (Å²) in [5.41, 5.74) is -0.396. The summed E-state index contributed by atoms with van der Waals surface area (Å²) in [6.45, 7) is 3.46. The minimum absolute atomic E-state index is 0.0214. The van der Waals surface area contributed by atoms with Crippen molar-refractivity contribution in [3.8, 4) is 0 Å². The molecule has 1 aromatic rings. The van der Waals surface area contributed by atoms with Gasteiger partial charge >= 0.3 is 6.18 Å².